The topological polar surface area (TPSA) is 59.1 Å². The van der Waals surface area contributed by atoms with Gasteiger partial charge in [-0.3, -0.25) is 0 Å². The summed E-state index contributed by atoms with van der Waals surface area (Å²) in [4.78, 5) is 1.01. The lowest BCUT2D eigenvalue weighted by Gasteiger charge is -1.95. The molecule has 5 nitrogen and oxygen atoms in total. The number of furan rings is 1. The van der Waals surface area contributed by atoms with Crippen molar-refractivity contribution in [1.82, 2.24) is 14.9 Å². The third-order valence-electron chi connectivity index (χ3n) is 2.28. The maximum absolute atomic E-state index is 5.30. The van der Waals surface area contributed by atoms with E-state index in [4.69, 9.17) is 16.6 Å². The second-order valence-electron chi connectivity index (χ2n) is 3.55. The molecule has 0 fully saturated rings. The molecule has 3 aromatic rings. The highest BCUT2D eigenvalue weighted by Gasteiger charge is 2.10. The Morgan fingerprint density at radius 2 is 2.47 bits per heavy atom. The van der Waals surface area contributed by atoms with Gasteiger partial charge in [0, 0.05) is 14.7 Å². The Kier molecular flexibility index (Phi) is 3.45. The summed E-state index contributed by atoms with van der Waals surface area (Å²) in [5.41, 5.74) is 0. The van der Waals surface area contributed by atoms with Crippen LogP contribution in [0.1, 0.15) is 4.88 Å². The molecule has 0 radical (unpaired) electrons. The van der Waals surface area contributed by atoms with E-state index >= 15 is 0 Å². The SMILES string of the molecule is S=c1[nH]nc(-c2ccco2)n1N=Cc1cc(Br)cs1. The van der Waals surface area contributed by atoms with Crippen molar-refractivity contribution in [3.05, 3.63) is 44.0 Å². The van der Waals surface area contributed by atoms with Crippen LogP contribution >= 0.6 is 39.5 Å². The van der Waals surface area contributed by atoms with Gasteiger partial charge in [-0.1, -0.05) is 0 Å². The molecule has 0 spiro atoms. The molecule has 3 heterocycles. The normalized spacial score (nSPS) is 11.4. The van der Waals surface area contributed by atoms with Gasteiger partial charge in [0.1, 0.15) is 0 Å². The predicted molar refractivity (Wildman–Crippen MR) is 80.1 cm³/mol. The molecule has 0 aromatic carbocycles. The predicted octanol–water partition coefficient (Wildman–Crippen LogP) is 3.91. The summed E-state index contributed by atoms with van der Waals surface area (Å²) in [6, 6.07) is 5.57. The third kappa shape index (κ3) is 2.60. The first-order valence-corrected chi connectivity index (χ1v) is 7.32. The highest BCUT2D eigenvalue weighted by molar-refractivity contribution is 9.10. The van der Waals surface area contributed by atoms with Crippen molar-refractivity contribution < 1.29 is 4.42 Å². The number of thiophene rings is 1. The van der Waals surface area contributed by atoms with Crippen LogP contribution in [0.2, 0.25) is 0 Å². The summed E-state index contributed by atoms with van der Waals surface area (Å²) in [5.74, 6) is 1.15. The van der Waals surface area contributed by atoms with Crippen LogP contribution in [0, 0.1) is 4.77 Å². The first-order valence-electron chi connectivity index (χ1n) is 5.24. The maximum Gasteiger partial charge on any atom is 0.219 e. The largest absolute Gasteiger partial charge is 0.461 e. The Morgan fingerprint density at radius 3 is 3.16 bits per heavy atom. The Hall–Kier alpha value is -1.51. The zero-order chi connectivity index (χ0) is 13.2. The van der Waals surface area contributed by atoms with Crippen LogP contribution in [0.25, 0.3) is 11.6 Å². The Bertz CT molecular complexity index is 769. The fraction of sp³-hybridized carbons (Fsp3) is 0. The van der Waals surface area contributed by atoms with Gasteiger partial charge in [-0.15, -0.1) is 16.4 Å². The average Bonchev–Trinajstić information content (AvgIpc) is 3.08. The van der Waals surface area contributed by atoms with E-state index in [9.17, 15) is 0 Å². The quantitative estimate of drug-likeness (QED) is 0.573. The molecule has 3 rings (SSSR count). The Balaban J connectivity index is 1.99. The van der Waals surface area contributed by atoms with Gasteiger partial charge in [0.15, 0.2) is 5.76 Å². The van der Waals surface area contributed by atoms with Gasteiger partial charge in [-0.05, 0) is 46.3 Å². The maximum atomic E-state index is 5.30. The van der Waals surface area contributed by atoms with Crippen molar-refractivity contribution in [3.8, 4) is 11.6 Å². The minimum absolute atomic E-state index is 0.415. The van der Waals surface area contributed by atoms with Gasteiger partial charge in [0.2, 0.25) is 10.6 Å². The smallest absolute Gasteiger partial charge is 0.219 e. The molecule has 0 aliphatic rings. The van der Waals surface area contributed by atoms with E-state index in [1.54, 1.807) is 35.9 Å². The zero-order valence-corrected chi connectivity index (χ0v) is 12.6. The minimum Gasteiger partial charge on any atom is -0.461 e. The number of hydrogen-bond acceptors (Lipinski definition) is 5. The molecule has 8 heteroatoms. The van der Waals surface area contributed by atoms with Gasteiger partial charge in [0.05, 0.1) is 12.5 Å². The van der Waals surface area contributed by atoms with Crippen LogP contribution in [-0.2, 0) is 0 Å². The fourth-order valence-electron chi connectivity index (χ4n) is 1.47. The second-order valence-corrected chi connectivity index (χ2v) is 5.80. The van der Waals surface area contributed by atoms with Crippen LogP contribution in [0.15, 0.2) is 43.8 Å². The molecular formula is C11H7BrN4OS2. The molecule has 0 aliphatic carbocycles. The van der Waals surface area contributed by atoms with Crippen LogP contribution in [0.4, 0.5) is 0 Å². The lowest BCUT2D eigenvalue weighted by molar-refractivity contribution is 0.573. The first kappa shape index (κ1) is 12.5. The molecule has 19 heavy (non-hydrogen) atoms. The number of aromatic amines is 1. The fourth-order valence-corrected chi connectivity index (χ4v) is 2.95. The van der Waals surface area contributed by atoms with Crippen molar-refractivity contribution >= 4 is 45.7 Å². The van der Waals surface area contributed by atoms with E-state index in [1.807, 2.05) is 11.4 Å². The van der Waals surface area contributed by atoms with Crippen molar-refractivity contribution in [2.45, 2.75) is 0 Å². The number of hydrogen-bond donors (Lipinski definition) is 1. The van der Waals surface area contributed by atoms with E-state index < -0.39 is 0 Å². The number of halogens is 1. The van der Waals surface area contributed by atoms with Crippen LogP contribution in [0.3, 0.4) is 0 Å². The number of H-pyrrole nitrogens is 1. The number of rotatable bonds is 3. The first-order chi connectivity index (χ1) is 9.24. The Morgan fingerprint density at radius 1 is 1.58 bits per heavy atom. The van der Waals surface area contributed by atoms with Gasteiger partial charge < -0.3 is 4.42 Å². The summed E-state index contributed by atoms with van der Waals surface area (Å²) in [5, 5.41) is 13.1. The molecule has 0 bridgehead atoms. The van der Waals surface area contributed by atoms with Gasteiger partial charge >= 0.3 is 0 Å². The molecule has 1 N–H and O–H groups in total. The van der Waals surface area contributed by atoms with E-state index in [2.05, 4.69) is 31.2 Å². The average molecular weight is 355 g/mol. The molecule has 0 amide bonds. The third-order valence-corrected chi connectivity index (χ3v) is 4.17. The monoisotopic (exact) mass is 354 g/mol. The molecule has 0 unspecified atom stereocenters. The van der Waals surface area contributed by atoms with Crippen molar-refractivity contribution in [2.75, 3.05) is 0 Å². The number of aromatic nitrogens is 3. The van der Waals surface area contributed by atoms with Gasteiger partial charge in [-0.2, -0.15) is 9.78 Å². The summed E-state index contributed by atoms with van der Waals surface area (Å²) in [7, 11) is 0. The number of nitrogens with one attached hydrogen (secondary N) is 1. The van der Waals surface area contributed by atoms with E-state index in [-0.39, 0.29) is 0 Å². The van der Waals surface area contributed by atoms with E-state index in [0.717, 1.165) is 9.35 Å². The van der Waals surface area contributed by atoms with Crippen molar-refractivity contribution in [3.63, 3.8) is 0 Å². The minimum atomic E-state index is 0.415. The molecule has 96 valence electrons. The lowest BCUT2D eigenvalue weighted by Crippen LogP contribution is -1.93. The van der Waals surface area contributed by atoms with Crippen LogP contribution < -0.4 is 0 Å². The summed E-state index contributed by atoms with van der Waals surface area (Å²) < 4.78 is 8.27. The molecule has 3 aromatic heterocycles. The summed E-state index contributed by atoms with van der Waals surface area (Å²) in [6.07, 6.45) is 3.31. The number of nitrogens with zero attached hydrogens (tertiary/aromatic N) is 3. The molecule has 0 atom stereocenters. The zero-order valence-electron chi connectivity index (χ0n) is 9.41. The molecule has 0 saturated carbocycles. The van der Waals surface area contributed by atoms with Gasteiger partial charge in [0.25, 0.3) is 0 Å². The lowest BCUT2D eigenvalue weighted by atomic mass is 10.4. The summed E-state index contributed by atoms with van der Waals surface area (Å²) >= 11 is 10.1. The van der Waals surface area contributed by atoms with Gasteiger partial charge in [-0.25, -0.2) is 5.10 Å². The van der Waals surface area contributed by atoms with E-state index in [1.165, 1.54) is 4.68 Å². The standard InChI is InChI=1S/C11H7BrN4OS2/c12-7-4-8(19-6-7)5-13-16-10(14-15-11(16)18)9-2-1-3-17-9/h1-6H,(H,15,18). The van der Waals surface area contributed by atoms with Crippen molar-refractivity contribution in [1.29, 1.82) is 0 Å². The second kappa shape index (κ2) is 5.24. The molecular weight excluding hydrogens is 348 g/mol. The van der Waals surface area contributed by atoms with Crippen LogP contribution in [0.5, 0.6) is 0 Å². The van der Waals surface area contributed by atoms with Crippen molar-refractivity contribution in [2.24, 2.45) is 5.10 Å². The highest BCUT2D eigenvalue weighted by atomic mass is 79.9. The molecule has 0 saturated heterocycles. The molecule has 0 aliphatic heterocycles. The summed E-state index contributed by atoms with van der Waals surface area (Å²) in [6.45, 7) is 0. The highest BCUT2D eigenvalue weighted by Crippen LogP contribution is 2.19. The van der Waals surface area contributed by atoms with E-state index in [0.29, 0.717) is 16.4 Å². The Labute approximate surface area is 125 Å². The van der Waals surface area contributed by atoms with Crippen LogP contribution in [-0.4, -0.2) is 21.1 Å².